The maximum Gasteiger partial charge on any atom is 0.214 e. The van der Waals surface area contributed by atoms with E-state index in [4.69, 9.17) is 5.73 Å². The molecule has 3 rings (SSSR count). The highest BCUT2D eigenvalue weighted by molar-refractivity contribution is 7.89. The molecule has 0 amide bonds. The highest BCUT2D eigenvalue weighted by atomic mass is 32.2. The molecule has 0 aromatic carbocycles. The third-order valence-corrected chi connectivity index (χ3v) is 7.66. The maximum absolute atomic E-state index is 12.6. The van der Waals surface area contributed by atoms with Crippen molar-refractivity contribution in [3.05, 3.63) is 0 Å². The summed E-state index contributed by atoms with van der Waals surface area (Å²) in [5, 5.41) is 0. The number of hydrogen-bond acceptors (Lipinski definition) is 3. The summed E-state index contributed by atoms with van der Waals surface area (Å²) in [6, 6.07) is 0.212. The Bertz CT molecular complexity index is 431. The lowest BCUT2D eigenvalue weighted by molar-refractivity contribution is 0.260. The molecule has 0 aromatic heterocycles. The van der Waals surface area contributed by atoms with Crippen molar-refractivity contribution >= 4 is 10.0 Å². The van der Waals surface area contributed by atoms with Crippen LogP contribution in [-0.2, 0) is 10.0 Å². The number of nitrogens with two attached hydrogens (primary N) is 1. The Labute approximate surface area is 123 Å². The molecule has 0 bridgehead atoms. The van der Waals surface area contributed by atoms with Crippen molar-refractivity contribution in [2.45, 2.75) is 57.4 Å². The lowest BCUT2D eigenvalue weighted by Gasteiger charge is -2.29. The molecule has 3 fully saturated rings. The minimum Gasteiger partial charge on any atom is -0.327 e. The summed E-state index contributed by atoms with van der Waals surface area (Å²) in [5.41, 5.74) is 6.19. The fraction of sp³-hybridized carbons (Fsp3) is 1.00. The van der Waals surface area contributed by atoms with Gasteiger partial charge in [-0.1, -0.05) is 25.7 Å². The highest BCUT2D eigenvalue weighted by Gasteiger charge is 2.43. The van der Waals surface area contributed by atoms with E-state index in [-0.39, 0.29) is 6.04 Å². The largest absolute Gasteiger partial charge is 0.327 e. The van der Waals surface area contributed by atoms with Gasteiger partial charge in [0.25, 0.3) is 0 Å². The first-order valence-electron chi connectivity index (χ1n) is 8.29. The summed E-state index contributed by atoms with van der Waals surface area (Å²) in [6.07, 6.45) is 9.27. The first kappa shape index (κ1) is 14.8. The molecule has 116 valence electrons. The summed E-state index contributed by atoms with van der Waals surface area (Å²) in [6.45, 7) is 1.41. The summed E-state index contributed by atoms with van der Waals surface area (Å²) >= 11 is 0. The van der Waals surface area contributed by atoms with Gasteiger partial charge in [0, 0.05) is 19.1 Å². The Morgan fingerprint density at radius 2 is 1.70 bits per heavy atom. The van der Waals surface area contributed by atoms with Crippen LogP contribution in [0.15, 0.2) is 0 Å². The molecule has 0 radical (unpaired) electrons. The standard InChI is InChI=1S/C15H28N2O2S/c16-15-8-4-7-13-9-17(10-14(13)15)20(18,19)11-12-5-2-1-3-6-12/h12-15H,1-11,16H2. The summed E-state index contributed by atoms with van der Waals surface area (Å²) in [5.74, 6) is 1.69. The van der Waals surface area contributed by atoms with Crippen LogP contribution < -0.4 is 5.73 Å². The Morgan fingerprint density at radius 1 is 0.950 bits per heavy atom. The number of fused-ring (bicyclic) bond motifs is 1. The molecule has 0 aromatic rings. The van der Waals surface area contributed by atoms with Gasteiger partial charge in [0.1, 0.15) is 0 Å². The van der Waals surface area contributed by atoms with Crippen molar-refractivity contribution in [1.29, 1.82) is 0 Å². The van der Waals surface area contributed by atoms with Crippen LogP contribution in [0.3, 0.4) is 0 Å². The van der Waals surface area contributed by atoms with Gasteiger partial charge in [0.15, 0.2) is 0 Å². The zero-order chi connectivity index (χ0) is 14.2. The van der Waals surface area contributed by atoms with Gasteiger partial charge < -0.3 is 5.73 Å². The topological polar surface area (TPSA) is 63.4 Å². The van der Waals surface area contributed by atoms with Crippen LogP contribution in [0, 0.1) is 17.8 Å². The molecule has 5 heteroatoms. The number of sulfonamides is 1. The average molecular weight is 300 g/mol. The Balaban J connectivity index is 1.63. The molecule has 1 heterocycles. The highest BCUT2D eigenvalue weighted by Crippen LogP contribution is 2.37. The molecule has 2 saturated carbocycles. The van der Waals surface area contributed by atoms with E-state index in [2.05, 4.69) is 0 Å². The zero-order valence-corrected chi connectivity index (χ0v) is 13.2. The second-order valence-corrected chi connectivity index (χ2v) is 9.13. The van der Waals surface area contributed by atoms with Crippen LogP contribution in [0.4, 0.5) is 0 Å². The van der Waals surface area contributed by atoms with Crippen LogP contribution in [0.5, 0.6) is 0 Å². The van der Waals surface area contributed by atoms with Crippen molar-refractivity contribution in [1.82, 2.24) is 4.31 Å². The Morgan fingerprint density at radius 3 is 2.40 bits per heavy atom. The molecular weight excluding hydrogens is 272 g/mol. The summed E-state index contributed by atoms with van der Waals surface area (Å²) in [7, 11) is -3.06. The second-order valence-electron chi connectivity index (χ2n) is 7.12. The van der Waals surface area contributed by atoms with Gasteiger partial charge in [0.2, 0.25) is 10.0 Å². The quantitative estimate of drug-likeness (QED) is 0.866. The second kappa shape index (κ2) is 5.93. The van der Waals surface area contributed by atoms with Gasteiger partial charge in [-0.3, -0.25) is 0 Å². The van der Waals surface area contributed by atoms with Crippen LogP contribution in [0.25, 0.3) is 0 Å². The van der Waals surface area contributed by atoms with Gasteiger partial charge in [-0.15, -0.1) is 0 Å². The third kappa shape index (κ3) is 3.04. The Kier molecular flexibility index (Phi) is 4.39. The molecule has 3 atom stereocenters. The van der Waals surface area contributed by atoms with Crippen LogP contribution in [-0.4, -0.2) is 37.6 Å². The van der Waals surface area contributed by atoms with Crippen LogP contribution in [0.1, 0.15) is 51.4 Å². The Hall–Kier alpha value is -0.130. The molecular formula is C15H28N2O2S. The van der Waals surface area contributed by atoms with E-state index in [1.807, 2.05) is 0 Å². The van der Waals surface area contributed by atoms with Gasteiger partial charge in [-0.2, -0.15) is 0 Å². The smallest absolute Gasteiger partial charge is 0.214 e. The van der Waals surface area contributed by atoms with E-state index < -0.39 is 10.0 Å². The molecule has 1 saturated heterocycles. The number of rotatable bonds is 3. The van der Waals surface area contributed by atoms with Crippen LogP contribution in [0.2, 0.25) is 0 Å². The first-order valence-corrected chi connectivity index (χ1v) is 9.90. The summed E-state index contributed by atoms with van der Waals surface area (Å²) in [4.78, 5) is 0. The molecule has 2 aliphatic carbocycles. The maximum atomic E-state index is 12.6. The predicted molar refractivity (Wildman–Crippen MR) is 80.7 cm³/mol. The van der Waals surface area contributed by atoms with E-state index >= 15 is 0 Å². The molecule has 0 spiro atoms. The molecule has 3 aliphatic rings. The lowest BCUT2D eigenvalue weighted by Crippen LogP contribution is -2.39. The number of hydrogen-bond donors (Lipinski definition) is 1. The molecule has 1 aliphatic heterocycles. The fourth-order valence-corrected chi connectivity index (χ4v) is 6.42. The molecule has 2 N–H and O–H groups in total. The first-order chi connectivity index (χ1) is 9.56. The minimum absolute atomic E-state index is 0.212. The van der Waals surface area contributed by atoms with E-state index in [0.717, 1.165) is 32.2 Å². The van der Waals surface area contributed by atoms with Gasteiger partial charge >= 0.3 is 0 Å². The van der Waals surface area contributed by atoms with Crippen molar-refractivity contribution in [2.24, 2.45) is 23.5 Å². The SMILES string of the molecule is NC1CCCC2CN(S(=O)(=O)CC3CCCCC3)CC12. The zero-order valence-electron chi connectivity index (χ0n) is 12.3. The van der Waals surface area contributed by atoms with Crippen molar-refractivity contribution in [3.63, 3.8) is 0 Å². The number of nitrogens with zero attached hydrogens (tertiary/aromatic N) is 1. The van der Waals surface area contributed by atoms with Crippen molar-refractivity contribution < 1.29 is 8.42 Å². The molecule has 3 unspecified atom stereocenters. The van der Waals surface area contributed by atoms with E-state index in [1.54, 1.807) is 4.31 Å². The van der Waals surface area contributed by atoms with E-state index in [0.29, 0.717) is 30.1 Å². The monoisotopic (exact) mass is 300 g/mol. The third-order valence-electron chi connectivity index (χ3n) is 5.68. The van der Waals surface area contributed by atoms with Gasteiger partial charge in [-0.25, -0.2) is 12.7 Å². The van der Waals surface area contributed by atoms with Gasteiger partial charge in [-0.05, 0) is 43.4 Å². The molecule has 20 heavy (non-hydrogen) atoms. The molecule has 4 nitrogen and oxygen atoms in total. The normalized spacial score (nSPS) is 37.0. The lowest BCUT2D eigenvalue weighted by atomic mass is 9.78. The summed E-state index contributed by atoms with van der Waals surface area (Å²) < 4.78 is 27.0. The minimum atomic E-state index is -3.06. The van der Waals surface area contributed by atoms with E-state index in [9.17, 15) is 8.42 Å². The average Bonchev–Trinajstić information content (AvgIpc) is 2.86. The van der Waals surface area contributed by atoms with Crippen molar-refractivity contribution in [2.75, 3.05) is 18.8 Å². The van der Waals surface area contributed by atoms with Crippen molar-refractivity contribution in [3.8, 4) is 0 Å². The van der Waals surface area contributed by atoms with E-state index in [1.165, 1.54) is 25.7 Å². The van der Waals surface area contributed by atoms with Crippen LogP contribution >= 0.6 is 0 Å². The fourth-order valence-electron chi connectivity index (χ4n) is 4.46. The van der Waals surface area contributed by atoms with Gasteiger partial charge in [0.05, 0.1) is 5.75 Å². The predicted octanol–water partition coefficient (Wildman–Crippen LogP) is 1.96.